The monoisotopic (exact) mass is 489 g/mol. The molecule has 0 saturated carbocycles. The largest absolute Gasteiger partial charge is 0.464 e. The van der Waals surface area contributed by atoms with Crippen molar-refractivity contribution in [1.82, 2.24) is 9.27 Å². The van der Waals surface area contributed by atoms with E-state index in [0.29, 0.717) is 11.4 Å². The second kappa shape index (κ2) is 10.2. The van der Waals surface area contributed by atoms with Crippen molar-refractivity contribution in [2.45, 2.75) is 19.5 Å². The molecule has 1 unspecified atom stereocenters. The van der Waals surface area contributed by atoms with E-state index < -0.39 is 23.8 Å². The fraction of sp³-hybridized carbons (Fsp3) is 0.120. The zero-order valence-corrected chi connectivity index (χ0v) is 19.6. The number of amides is 3. The number of para-hydroxylation sites is 1. The third-order valence-corrected chi connectivity index (χ3v) is 6.10. The lowest BCUT2D eigenvalue weighted by atomic mass is 10.1. The van der Waals surface area contributed by atoms with Crippen LogP contribution < -0.4 is 16.8 Å². The summed E-state index contributed by atoms with van der Waals surface area (Å²) in [6, 6.07) is 20.3. The Bertz CT molecular complexity index is 1350. The highest BCUT2D eigenvalue weighted by Crippen LogP contribution is 2.31. The number of nitrogen functional groups attached to an aromatic ring is 1. The van der Waals surface area contributed by atoms with E-state index in [2.05, 4.69) is 9.69 Å². The molecule has 5 N–H and O–H groups in total. The molecular weight excluding hydrogens is 466 g/mol. The number of hydrogen-bond donors (Lipinski definition) is 3. The van der Waals surface area contributed by atoms with Crippen molar-refractivity contribution in [3.8, 4) is 0 Å². The molecule has 2 aromatic carbocycles. The minimum Gasteiger partial charge on any atom is -0.464 e. The summed E-state index contributed by atoms with van der Waals surface area (Å²) in [6.07, 6.45) is 0. The Balaban J connectivity index is 1.80. The van der Waals surface area contributed by atoms with E-state index in [9.17, 15) is 14.4 Å². The Morgan fingerprint density at radius 3 is 2.26 bits per heavy atom. The van der Waals surface area contributed by atoms with Crippen LogP contribution in [0.2, 0.25) is 0 Å². The minimum absolute atomic E-state index is 0.00974. The summed E-state index contributed by atoms with van der Waals surface area (Å²) in [7, 11) is 0. The highest BCUT2D eigenvalue weighted by molar-refractivity contribution is 7.09. The average molecular weight is 490 g/mol. The van der Waals surface area contributed by atoms with E-state index in [0.717, 1.165) is 17.1 Å². The summed E-state index contributed by atoms with van der Waals surface area (Å²) in [5.74, 6) is -1.05. The van der Waals surface area contributed by atoms with Crippen molar-refractivity contribution in [3.05, 3.63) is 100 Å². The Morgan fingerprint density at radius 2 is 1.69 bits per heavy atom. The summed E-state index contributed by atoms with van der Waals surface area (Å²) < 4.78 is 9.76. The quantitative estimate of drug-likeness (QED) is 0.344. The van der Waals surface area contributed by atoms with Gasteiger partial charge in [-0.15, -0.1) is 0 Å². The molecule has 35 heavy (non-hydrogen) atoms. The van der Waals surface area contributed by atoms with Gasteiger partial charge in [0.25, 0.3) is 17.7 Å². The SMILES string of the molecule is Cc1ccc(C(C(=O)Nc2ccccc2)N(Cc2ccccc2)C(=O)c2snc(C(N)=O)c2N)o1. The van der Waals surface area contributed by atoms with Crippen LogP contribution in [-0.2, 0) is 11.3 Å². The van der Waals surface area contributed by atoms with E-state index in [1.165, 1.54) is 4.90 Å². The number of anilines is 2. The van der Waals surface area contributed by atoms with Crippen LogP contribution in [0.4, 0.5) is 11.4 Å². The summed E-state index contributed by atoms with van der Waals surface area (Å²) >= 11 is 0.756. The average Bonchev–Trinajstić information content (AvgIpc) is 3.45. The lowest BCUT2D eigenvalue weighted by Crippen LogP contribution is -2.40. The van der Waals surface area contributed by atoms with Gasteiger partial charge in [-0.3, -0.25) is 14.4 Å². The Labute approximate surface area is 205 Å². The molecule has 0 fully saturated rings. The predicted octanol–water partition coefficient (Wildman–Crippen LogP) is 3.75. The van der Waals surface area contributed by atoms with Crippen LogP contribution in [0.1, 0.15) is 43.3 Å². The van der Waals surface area contributed by atoms with Crippen LogP contribution in [0.15, 0.2) is 77.2 Å². The van der Waals surface area contributed by atoms with Crippen LogP contribution in [0.25, 0.3) is 0 Å². The molecule has 0 spiro atoms. The van der Waals surface area contributed by atoms with Gasteiger partial charge in [0.05, 0.1) is 5.69 Å². The number of benzene rings is 2. The summed E-state index contributed by atoms with van der Waals surface area (Å²) in [5.41, 5.74) is 12.4. The molecule has 0 aliphatic heterocycles. The summed E-state index contributed by atoms with van der Waals surface area (Å²) in [5, 5.41) is 2.85. The third kappa shape index (κ3) is 5.22. The first-order valence-corrected chi connectivity index (χ1v) is 11.4. The summed E-state index contributed by atoms with van der Waals surface area (Å²) in [4.78, 5) is 40.5. The molecular formula is C25H23N5O4S. The van der Waals surface area contributed by atoms with Crippen molar-refractivity contribution >= 4 is 40.6 Å². The molecule has 0 saturated heterocycles. The second-order valence-corrected chi connectivity index (χ2v) is 8.54. The topological polar surface area (TPSA) is 145 Å². The normalized spacial score (nSPS) is 11.6. The van der Waals surface area contributed by atoms with Gasteiger partial charge in [-0.25, -0.2) is 0 Å². The van der Waals surface area contributed by atoms with Gasteiger partial charge >= 0.3 is 0 Å². The molecule has 3 amide bonds. The lowest BCUT2D eigenvalue weighted by molar-refractivity contribution is -0.121. The lowest BCUT2D eigenvalue weighted by Gasteiger charge is -2.29. The van der Waals surface area contributed by atoms with Crippen molar-refractivity contribution in [1.29, 1.82) is 0 Å². The predicted molar refractivity (Wildman–Crippen MR) is 133 cm³/mol. The number of hydrogen-bond acceptors (Lipinski definition) is 7. The van der Waals surface area contributed by atoms with Gasteiger partial charge in [-0.1, -0.05) is 48.5 Å². The van der Waals surface area contributed by atoms with E-state index in [1.807, 2.05) is 36.4 Å². The van der Waals surface area contributed by atoms with Gasteiger partial charge in [-0.05, 0) is 48.3 Å². The molecule has 4 aromatic rings. The van der Waals surface area contributed by atoms with E-state index in [-0.39, 0.29) is 28.6 Å². The molecule has 2 heterocycles. The van der Waals surface area contributed by atoms with Gasteiger partial charge in [0.1, 0.15) is 16.4 Å². The van der Waals surface area contributed by atoms with Crippen molar-refractivity contribution in [2.24, 2.45) is 5.73 Å². The Hall–Kier alpha value is -4.44. The molecule has 0 bridgehead atoms. The number of aromatic nitrogens is 1. The second-order valence-electron chi connectivity index (χ2n) is 7.76. The number of nitrogens with zero attached hydrogens (tertiary/aromatic N) is 2. The molecule has 9 nitrogen and oxygen atoms in total. The molecule has 0 radical (unpaired) electrons. The molecule has 1 atom stereocenters. The highest BCUT2D eigenvalue weighted by Gasteiger charge is 2.36. The van der Waals surface area contributed by atoms with Gasteiger partial charge in [0.2, 0.25) is 0 Å². The first-order chi connectivity index (χ1) is 16.8. The number of furan rings is 1. The highest BCUT2D eigenvalue weighted by atomic mass is 32.1. The van der Waals surface area contributed by atoms with Gasteiger partial charge in [0, 0.05) is 12.2 Å². The Morgan fingerprint density at radius 1 is 1.03 bits per heavy atom. The molecule has 0 aliphatic carbocycles. The fourth-order valence-corrected chi connectivity index (χ4v) is 4.34. The van der Waals surface area contributed by atoms with Crippen LogP contribution in [0, 0.1) is 6.92 Å². The van der Waals surface area contributed by atoms with Gasteiger partial charge < -0.3 is 26.1 Å². The fourth-order valence-electron chi connectivity index (χ4n) is 3.58. The number of primary amides is 1. The first kappa shape index (κ1) is 23.7. The molecule has 4 rings (SSSR count). The summed E-state index contributed by atoms with van der Waals surface area (Å²) in [6.45, 7) is 1.81. The van der Waals surface area contributed by atoms with E-state index >= 15 is 0 Å². The zero-order chi connectivity index (χ0) is 24.9. The van der Waals surface area contributed by atoms with Crippen molar-refractivity contribution < 1.29 is 18.8 Å². The maximum Gasteiger partial charge on any atom is 0.270 e. The van der Waals surface area contributed by atoms with Gasteiger partial charge in [-0.2, -0.15) is 4.37 Å². The van der Waals surface area contributed by atoms with Crippen LogP contribution in [0.3, 0.4) is 0 Å². The van der Waals surface area contributed by atoms with E-state index in [1.54, 1.807) is 43.3 Å². The standard InChI is InChI=1S/C25H23N5O4S/c1-15-12-13-18(34-15)21(24(32)28-17-10-6-3-7-11-17)30(14-16-8-4-2-5-9-16)25(33)22-19(26)20(23(27)31)29-35-22/h2-13,21H,14,26H2,1H3,(H2,27,31)(H,28,32). The molecule has 0 aliphatic rings. The smallest absolute Gasteiger partial charge is 0.270 e. The van der Waals surface area contributed by atoms with Gasteiger partial charge in [0.15, 0.2) is 11.7 Å². The van der Waals surface area contributed by atoms with Crippen LogP contribution >= 0.6 is 11.5 Å². The van der Waals surface area contributed by atoms with Crippen LogP contribution in [-0.4, -0.2) is 27.0 Å². The zero-order valence-electron chi connectivity index (χ0n) is 18.8. The number of carbonyl (C=O) groups excluding carboxylic acids is 3. The number of nitrogens with two attached hydrogens (primary N) is 2. The van der Waals surface area contributed by atoms with Crippen LogP contribution in [0.5, 0.6) is 0 Å². The number of aryl methyl sites for hydroxylation is 1. The maximum absolute atomic E-state index is 13.8. The minimum atomic E-state index is -1.14. The first-order valence-electron chi connectivity index (χ1n) is 10.7. The van der Waals surface area contributed by atoms with Crippen molar-refractivity contribution in [2.75, 3.05) is 11.1 Å². The molecule has 2 aromatic heterocycles. The maximum atomic E-state index is 13.8. The number of nitrogens with one attached hydrogen (secondary N) is 1. The number of carbonyl (C=O) groups is 3. The molecule has 178 valence electrons. The van der Waals surface area contributed by atoms with Crippen molar-refractivity contribution in [3.63, 3.8) is 0 Å². The number of rotatable bonds is 8. The van der Waals surface area contributed by atoms with E-state index in [4.69, 9.17) is 15.9 Å². The molecule has 10 heteroatoms. The Kier molecular flexibility index (Phi) is 6.93. The third-order valence-electron chi connectivity index (χ3n) is 5.24.